The first-order valence-electron chi connectivity index (χ1n) is 7.43. The molecule has 0 spiro atoms. The molecule has 2 aromatic rings. The van der Waals surface area contributed by atoms with Crippen LogP contribution in [0.1, 0.15) is 20.7 Å². The summed E-state index contributed by atoms with van der Waals surface area (Å²) in [6.07, 6.45) is 0. The van der Waals surface area contributed by atoms with Crippen molar-refractivity contribution in [2.75, 3.05) is 32.1 Å². The van der Waals surface area contributed by atoms with E-state index in [1.54, 1.807) is 48.5 Å². The summed E-state index contributed by atoms with van der Waals surface area (Å²) in [6, 6.07) is 13.9. The van der Waals surface area contributed by atoms with Crippen LogP contribution in [0.2, 0.25) is 0 Å². The summed E-state index contributed by atoms with van der Waals surface area (Å²) in [4.78, 5) is 28.1. The van der Waals surface area contributed by atoms with Crippen LogP contribution in [-0.4, -0.2) is 44.0 Å². The lowest BCUT2D eigenvalue weighted by Gasteiger charge is -2.15. The quantitative estimate of drug-likeness (QED) is 0.796. The first-order chi connectivity index (χ1) is 11.1. The van der Waals surface area contributed by atoms with Gasteiger partial charge in [0.15, 0.2) is 0 Å². The predicted octanol–water partition coefficient (Wildman–Crippen LogP) is 2.43. The van der Waals surface area contributed by atoms with Gasteiger partial charge in [-0.1, -0.05) is 12.1 Å². The second-order valence-electron chi connectivity index (χ2n) is 5.64. The number of fused-ring (bicyclic) bond motifs is 1. The molecule has 0 saturated heterocycles. The normalized spacial score (nSPS) is 13.6. The van der Waals surface area contributed by atoms with Crippen LogP contribution in [0.3, 0.4) is 0 Å². The van der Waals surface area contributed by atoms with Gasteiger partial charge in [0.1, 0.15) is 12.4 Å². The van der Waals surface area contributed by atoms with Crippen molar-refractivity contribution in [1.29, 1.82) is 0 Å². The Labute approximate surface area is 135 Å². The maximum atomic E-state index is 12.4. The standard InChI is InChI=1S/C18H18N2O3/c1-19(2)11-12-23-14-9-7-13(8-10-14)20-17(21)15-5-3-4-6-16(15)18(20)22/h3-10H,11-12H2,1-2H3. The molecule has 23 heavy (non-hydrogen) atoms. The van der Waals surface area contributed by atoms with Gasteiger partial charge in [0.25, 0.3) is 11.8 Å². The minimum Gasteiger partial charge on any atom is -0.492 e. The van der Waals surface area contributed by atoms with Gasteiger partial charge in [-0.25, -0.2) is 4.90 Å². The zero-order chi connectivity index (χ0) is 16.4. The highest BCUT2D eigenvalue weighted by Gasteiger charge is 2.36. The lowest BCUT2D eigenvalue weighted by atomic mass is 10.1. The Bertz CT molecular complexity index is 703. The number of amides is 2. The van der Waals surface area contributed by atoms with Gasteiger partial charge in [-0.3, -0.25) is 9.59 Å². The Morgan fingerprint density at radius 2 is 1.48 bits per heavy atom. The molecule has 0 radical (unpaired) electrons. The Morgan fingerprint density at radius 1 is 0.913 bits per heavy atom. The van der Waals surface area contributed by atoms with Crippen molar-refractivity contribution < 1.29 is 14.3 Å². The summed E-state index contributed by atoms with van der Waals surface area (Å²) in [6.45, 7) is 1.40. The Morgan fingerprint density at radius 3 is 2.00 bits per heavy atom. The van der Waals surface area contributed by atoms with E-state index in [1.807, 2.05) is 19.0 Å². The van der Waals surface area contributed by atoms with Crippen LogP contribution in [-0.2, 0) is 0 Å². The number of anilines is 1. The van der Waals surface area contributed by atoms with Crippen molar-refractivity contribution in [3.63, 3.8) is 0 Å². The van der Waals surface area contributed by atoms with Gasteiger partial charge >= 0.3 is 0 Å². The van der Waals surface area contributed by atoms with Gasteiger partial charge in [0.2, 0.25) is 0 Å². The molecule has 1 aliphatic heterocycles. The minimum atomic E-state index is -0.285. The highest BCUT2D eigenvalue weighted by molar-refractivity contribution is 6.34. The molecular formula is C18H18N2O3. The number of carbonyl (C=O) groups is 2. The number of likely N-dealkylation sites (N-methyl/N-ethyl adjacent to an activating group) is 1. The molecule has 1 aliphatic rings. The molecule has 5 heteroatoms. The van der Waals surface area contributed by atoms with E-state index in [0.717, 1.165) is 6.54 Å². The van der Waals surface area contributed by atoms with E-state index in [9.17, 15) is 9.59 Å². The third-order valence-corrected chi connectivity index (χ3v) is 3.70. The third-order valence-electron chi connectivity index (χ3n) is 3.70. The van der Waals surface area contributed by atoms with Gasteiger partial charge in [-0.2, -0.15) is 0 Å². The van der Waals surface area contributed by atoms with Crippen LogP contribution in [0.5, 0.6) is 5.75 Å². The van der Waals surface area contributed by atoms with E-state index in [2.05, 4.69) is 0 Å². The number of rotatable bonds is 5. The number of hydrogen-bond acceptors (Lipinski definition) is 4. The van der Waals surface area contributed by atoms with Crippen molar-refractivity contribution in [2.24, 2.45) is 0 Å². The van der Waals surface area contributed by atoms with Crippen molar-refractivity contribution in [2.45, 2.75) is 0 Å². The molecule has 3 rings (SSSR count). The lowest BCUT2D eigenvalue weighted by Crippen LogP contribution is -2.29. The van der Waals surface area contributed by atoms with Gasteiger partial charge in [-0.05, 0) is 50.5 Å². The molecule has 0 N–H and O–H groups in total. The topological polar surface area (TPSA) is 49.9 Å². The second kappa shape index (κ2) is 6.22. The number of nitrogens with zero attached hydrogens (tertiary/aromatic N) is 2. The van der Waals surface area contributed by atoms with E-state index in [-0.39, 0.29) is 11.8 Å². The maximum Gasteiger partial charge on any atom is 0.266 e. The van der Waals surface area contributed by atoms with E-state index in [4.69, 9.17) is 4.74 Å². The van der Waals surface area contributed by atoms with Crippen LogP contribution in [0.4, 0.5) is 5.69 Å². The van der Waals surface area contributed by atoms with Crippen LogP contribution >= 0.6 is 0 Å². The SMILES string of the molecule is CN(C)CCOc1ccc(N2C(=O)c3ccccc3C2=O)cc1. The average Bonchev–Trinajstić information content (AvgIpc) is 2.80. The summed E-state index contributed by atoms with van der Waals surface area (Å²) >= 11 is 0. The monoisotopic (exact) mass is 310 g/mol. The molecule has 0 saturated carbocycles. The fourth-order valence-electron chi connectivity index (χ4n) is 2.46. The molecule has 2 amide bonds. The Hall–Kier alpha value is -2.66. The summed E-state index contributed by atoms with van der Waals surface area (Å²) in [5, 5.41) is 0. The Kier molecular flexibility index (Phi) is 4.12. The fraction of sp³-hybridized carbons (Fsp3) is 0.222. The molecule has 1 heterocycles. The fourth-order valence-corrected chi connectivity index (χ4v) is 2.46. The minimum absolute atomic E-state index is 0.285. The van der Waals surface area contributed by atoms with Crippen molar-refractivity contribution >= 4 is 17.5 Å². The van der Waals surface area contributed by atoms with Crippen LogP contribution < -0.4 is 9.64 Å². The zero-order valence-corrected chi connectivity index (χ0v) is 13.2. The molecule has 0 unspecified atom stereocenters. The number of carbonyl (C=O) groups excluding carboxylic acids is 2. The number of ether oxygens (including phenoxy) is 1. The number of imide groups is 1. The lowest BCUT2D eigenvalue weighted by molar-refractivity contribution is 0.0926. The molecule has 0 fully saturated rings. The highest BCUT2D eigenvalue weighted by atomic mass is 16.5. The third kappa shape index (κ3) is 2.96. The van der Waals surface area contributed by atoms with Crippen LogP contribution in [0, 0.1) is 0 Å². The molecule has 0 bridgehead atoms. The smallest absolute Gasteiger partial charge is 0.266 e. The van der Waals surface area contributed by atoms with Crippen molar-refractivity contribution in [3.05, 3.63) is 59.7 Å². The molecule has 118 valence electrons. The van der Waals surface area contributed by atoms with Crippen LogP contribution in [0.15, 0.2) is 48.5 Å². The summed E-state index contributed by atoms with van der Waals surface area (Å²) in [7, 11) is 3.96. The molecule has 0 aromatic heterocycles. The zero-order valence-electron chi connectivity index (χ0n) is 13.2. The molecule has 0 atom stereocenters. The van der Waals surface area contributed by atoms with E-state index >= 15 is 0 Å². The Balaban J connectivity index is 1.76. The average molecular weight is 310 g/mol. The maximum absolute atomic E-state index is 12.4. The highest BCUT2D eigenvalue weighted by Crippen LogP contribution is 2.29. The number of hydrogen-bond donors (Lipinski definition) is 0. The summed E-state index contributed by atoms with van der Waals surface area (Å²) in [5.41, 5.74) is 1.45. The van der Waals surface area contributed by atoms with Gasteiger partial charge in [0.05, 0.1) is 16.8 Å². The van der Waals surface area contributed by atoms with E-state index in [0.29, 0.717) is 29.2 Å². The van der Waals surface area contributed by atoms with E-state index < -0.39 is 0 Å². The van der Waals surface area contributed by atoms with Gasteiger partial charge < -0.3 is 9.64 Å². The molecule has 0 aliphatic carbocycles. The predicted molar refractivity (Wildman–Crippen MR) is 88.1 cm³/mol. The number of benzene rings is 2. The van der Waals surface area contributed by atoms with Crippen molar-refractivity contribution in [3.8, 4) is 5.75 Å². The molecular weight excluding hydrogens is 292 g/mol. The molecule has 5 nitrogen and oxygen atoms in total. The summed E-state index contributed by atoms with van der Waals surface area (Å²) in [5.74, 6) is 0.144. The summed E-state index contributed by atoms with van der Waals surface area (Å²) < 4.78 is 5.62. The van der Waals surface area contributed by atoms with E-state index in [1.165, 1.54) is 4.90 Å². The van der Waals surface area contributed by atoms with Crippen molar-refractivity contribution in [1.82, 2.24) is 4.90 Å². The molecule has 2 aromatic carbocycles. The van der Waals surface area contributed by atoms with Gasteiger partial charge in [0, 0.05) is 6.54 Å². The first-order valence-corrected chi connectivity index (χ1v) is 7.43. The van der Waals surface area contributed by atoms with Crippen LogP contribution in [0.25, 0.3) is 0 Å². The largest absolute Gasteiger partial charge is 0.492 e. The van der Waals surface area contributed by atoms with Gasteiger partial charge in [-0.15, -0.1) is 0 Å². The first kappa shape index (κ1) is 15.2. The second-order valence-corrected chi connectivity index (χ2v) is 5.64.